The van der Waals surface area contributed by atoms with E-state index < -0.39 is 27.3 Å². The highest BCUT2D eigenvalue weighted by Gasteiger charge is 2.17. The maximum absolute atomic E-state index is 12.5. The monoisotopic (exact) mass is 373 g/mol. The molecule has 1 aromatic heterocycles. The van der Waals surface area contributed by atoms with E-state index in [-0.39, 0.29) is 23.4 Å². The summed E-state index contributed by atoms with van der Waals surface area (Å²) in [7, 11) is -3.95. The van der Waals surface area contributed by atoms with Gasteiger partial charge < -0.3 is 9.92 Å². The summed E-state index contributed by atoms with van der Waals surface area (Å²) in [5.41, 5.74) is 4.71. The molecule has 3 rings (SSSR count). The molecule has 0 aliphatic rings. The van der Waals surface area contributed by atoms with Gasteiger partial charge in [0.05, 0.1) is 11.9 Å². The molecule has 8 nitrogen and oxygen atoms in total. The van der Waals surface area contributed by atoms with Gasteiger partial charge in [0, 0.05) is 5.39 Å². The number of aromatic nitrogens is 2. The van der Waals surface area contributed by atoms with Crippen LogP contribution < -0.4 is 15.5 Å². The summed E-state index contributed by atoms with van der Waals surface area (Å²) in [5, 5.41) is 4.48. The molecule has 3 aromatic rings. The van der Waals surface area contributed by atoms with Crippen molar-refractivity contribution in [1.29, 1.82) is 0 Å². The number of amides is 1. The summed E-state index contributed by atoms with van der Waals surface area (Å²) in [6.07, 6.45) is 0. The minimum Gasteiger partial charge on any atom is -0.382 e. The lowest BCUT2D eigenvalue weighted by atomic mass is 10.1. The maximum Gasteiger partial charge on any atom is 0.311 e. The van der Waals surface area contributed by atoms with Gasteiger partial charge in [0.15, 0.2) is 5.69 Å². The van der Waals surface area contributed by atoms with Crippen molar-refractivity contribution in [3.63, 3.8) is 0 Å². The van der Waals surface area contributed by atoms with Crippen LogP contribution in [-0.4, -0.2) is 29.9 Å². The van der Waals surface area contributed by atoms with Crippen molar-refractivity contribution in [2.24, 2.45) is 5.73 Å². The van der Waals surface area contributed by atoms with Gasteiger partial charge in [-0.15, -0.1) is 0 Å². The third-order valence-corrected chi connectivity index (χ3v) is 4.75. The number of hydrogen-bond acceptors (Lipinski definition) is 6. The molecule has 2 aromatic carbocycles. The number of carbonyl (C=O) groups is 1. The van der Waals surface area contributed by atoms with Crippen LogP contribution in [0.2, 0.25) is 0 Å². The Morgan fingerprint density at radius 1 is 1.04 bits per heavy atom. The average molecular weight is 373 g/mol. The summed E-state index contributed by atoms with van der Waals surface area (Å²) in [5.74, 6) is -1.13. The van der Waals surface area contributed by atoms with Crippen LogP contribution in [-0.2, 0) is 16.7 Å². The standard InChI is InChI=1S/C17H15N3O5S/c18-16(21)15-13-8-4-5-9-14(13)17(22)20(19-15)10-11-26(23,24)25-12-6-2-1-3-7-12/h1-9H,10-11H2,(H2,18,21). The number of hydrogen-bond donors (Lipinski definition) is 1. The number of primary amides is 1. The summed E-state index contributed by atoms with van der Waals surface area (Å²) in [6, 6.07) is 14.4. The zero-order valence-electron chi connectivity index (χ0n) is 13.5. The number of nitrogens with two attached hydrogens (primary N) is 1. The minimum atomic E-state index is -3.95. The van der Waals surface area contributed by atoms with E-state index in [0.717, 1.165) is 4.68 Å². The summed E-state index contributed by atoms with van der Waals surface area (Å²) < 4.78 is 30.1. The molecule has 2 N–H and O–H groups in total. The number of para-hydroxylation sites is 1. The maximum atomic E-state index is 12.5. The molecule has 0 aliphatic carbocycles. The molecule has 0 unspecified atom stereocenters. The lowest BCUT2D eigenvalue weighted by Crippen LogP contribution is -2.31. The Balaban J connectivity index is 1.90. The Kier molecular flexibility index (Phi) is 4.72. The second-order valence-corrected chi connectivity index (χ2v) is 7.14. The summed E-state index contributed by atoms with van der Waals surface area (Å²) >= 11 is 0. The molecule has 0 atom stereocenters. The number of aryl methyl sites for hydroxylation is 1. The van der Waals surface area contributed by atoms with Crippen molar-refractivity contribution >= 4 is 26.8 Å². The van der Waals surface area contributed by atoms with Gasteiger partial charge in [-0.1, -0.05) is 36.4 Å². The van der Waals surface area contributed by atoms with E-state index in [1.54, 1.807) is 36.4 Å². The predicted molar refractivity (Wildman–Crippen MR) is 95.4 cm³/mol. The van der Waals surface area contributed by atoms with Crippen molar-refractivity contribution < 1.29 is 17.4 Å². The average Bonchev–Trinajstić information content (AvgIpc) is 2.61. The Labute approximate surface area is 148 Å². The largest absolute Gasteiger partial charge is 0.382 e. The third-order valence-electron chi connectivity index (χ3n) is 3.62. The van der Waals surface area contributed by atoms with Crippen LogP contribution in [0.25, 0.3) is 10.8 Å². The zero-order chi connectivity index (χ0) is 18.7. The summed E-state index contributed by atoms with van der Waals surface area (Å²) in [6.45, 7) is -0.279. The SMILES string of the molecule is NC(=O)c1nn(CCS(=O)(=O)Oc2ccccc2)c(=O)c2ccccc12. The van der Waals surface area contributed by atoms with Gasteiger partial charge in [-0.25, -0.2) is 4.68 Å². The Morgan fingerprint density at radius 3 is 2.31 bits per heavy atom. The number of benzene rings is 2. The van der Waals surface area contributed by atoms with Crippen LogP contribution in [0.3, 0.4) is 0 Å². The number of nitrogens with zero attached hydrogens (tertiary/aromatic N) is 2. The van der Waals surface area contributed by atoms with E-state index in [1.807, 2.05) is 0 Å². The molecule has 26 heavy (non-hydrogen) atoms. The van der Waals surface area contributed by atoms with Crippen LogP contribution >= 0.6 is 0 Å². The van der Waals surface area contributed by atoms with E-state index in [1.165, 1.54) is 18.2 Å². The first-order chi connectivity index (χ1) is 12.4. The molecule has 1 amide bonds. The molecule has 1 heterocycles. The van der Waals surface area contributed by atoms with E-state index in [4.69, 9.17) is 9.92 Å². The molecule has 0 saturated heterocycles. The first-order valence-corrected chi connectivity index (χ1v) is 9.22. The topological polar surface area (TPSA) is 121 Å². The Morgan fingerprint density at radius 2 is 1.65 bits per heavy atom. The van der Waals surface area contributed by atoms with Gasteiger partial charge in [-0.05, 0) is 18.2 Å². The van der Waals surface area contributed by atoms with Crippen molar-refractivity contribution in [2.45, 2.75) is 6.54 Å². The Hall–Kier alpha value is -3.20. The minimum absolute atomic E-state index is 0.0958. The van der Waals surface area contributed by atoms with Crippen LogP contribution in [0.1, 0.15) is 10.5 Å². The Bertz CT molecular complexity index is 1120. The zero-order valence-corrected chi connectivity index (χ0v) is 14.3. The van der Waals surface area contributed by atoms with E-state index in [0.29, 0.717) is 5.39 Å². The van der Waals surface area contributed by atoms with Crippen LogP contribution in [0, 0.1) is 0 Å². The third kappa shape index (κ3) is 3.72. The quantitative estimate of drug-likeness (QED) is 0.641. The molecule has 0 radical (unpaired) electrons. The van der Waals surface area contributed by atoms with Gasteiger partial charge in [0.25, 0.3) is 11.5 Å². The predicted octanol–water partition coefficient (Wildman–Crippen LogP) is 0.904. The second kappa shape index (κ2) is 6.96. The van der Waals surface area contributed by atoms with Gasteiger partial charge in [-0.2, -0.15) is 13.5 Å². The fourth-order valence-electron chi connectivity index (χ4n) is 2.43. The van der Waals surface area contributed by atoms with Gasteiger partial charge in [0.1, 0.15) is 11.5 Å². The molecule has 9 heteroatoms. The highest BCUT2D eigenvalue weighted by atomic mass is 32.2. The molecule has 134 valence electrons. The summed E-state index contributed by atoms with van der Waals surface area (Å²) in [4.78, 5) is 24.1. The highest BCUT2D eigenvalue weighted by Crippen LogP contribution is 2.14. The van der Waals surface area contributed by atoms with Crippen LogP contribution in [0.4, 0.5) is 0 Å². The first-order valence-electron chi connectivity index (χ1n) is 7.64. The highest BCUT2D eigenvalue weighted by molar-refractivity contribution is 7.87. The first kappa shape index (κ1) is 17.6. The van der Waals surface area contributed by atoms with Gasteiger partial charge >= 0.3 is 10.1 Å². The fraction of sp³-hybridized carbons (Fsp3) is 0.118. The number of rotatable bonds is 6. The number of fused-ring (bicyclic) bond motifs is 1. The van der Waals surface area contributed by atoms with E-state index >= 15 is 0 Å². The molecular weight excluding hydrogens is 358 g/mol. The second-order valence-electron chi connectivity index (χ2n) is 5.44. The smallest absolute Gasteiger partial charge is 0.311 e. The normalized spacial score (nSPS) is 11.4. The van der Waals surface area contributed by atoms with Crippen molar-refractivity contribution in [3.05, 3.63) is 70.6 Å². The molecule has 0 saturated carbocycles. The van der Waals surface area contributed by atoms with Crippen LogP contribution in [0.15, 0.2) is 59.4 Å². The lowest BCUT2D eigenvalue weighted by Gasteiger charge is -2.10. The van der Waals surface area contributed by atoms with E-state index in [9.17, 15) is 18.0 Å². The van der Waals surface area contributed by atoms with Crippen molar-refractivity contribution in [3.8, 4) is 5.75 Å². The van der Waals surface area contributed by atoms with Crippen LogP contribution in [0.5, 0.6) is 5.75 Å². The molecule has 0 fully saturated rings. The fourth-order valence-corrected chi connectivity index (χ4v) is 3.32. The van der Waals surface area contributed by atoms with Crippen molar-refractivity contribution in [1.82, 2.24) is 9.78 Å². The van der Waals surface area contributed by atoms with Gasteiger partial charge in [-0.3, -0.25) is 9.59 Å². The molecular formula is C17H15N3O5S. The van der Waals surface area contributed by atoms with Gasteiger partial charge in [0.2, 0.25) is 0 Å². The number of carbonyl (C=O) groups excluding carboxylic acids is 1. The van der Waals surface area contributed by atoms with Crippen molar-refractivity contribution in [2.75, 3.05) is 5.75 Å². The molecule has 0 bridgehead atoms. The van der Waals surface area contributed by atoms with E-state index in [2.05, 4.69) is 5.10 Å². The molecule has 0 aliphatic heterocycles. The molecule has 0 spiro atoms. The lowest BCUT2D eigenvalue weighted by molar-refractivity contribution is 0.0995.